The van der Waals surface area contributed by atoms with Crippen LogP contribution in [-0.2, 0) is 9.59 Å². The quantitative estimate of drug-likeness (QED) is 0.428. The summed E-state index contributed by atoms with van der Waals surface area (Å²) in [6.07, 6.45) is 0. The van der Waals surface area contributed by atoms with E-state index < -0.39 is 5.56 Å². The van der Waals surface area contributed by atoms with Gasteiger partial charge in [0.2, 0.25) is 11.8 Å². The molecular formula is C24H27N5O3S. The van der Waals surface area contributed by atoms with E-state index in [0.29, 0.717) is 11.3 Å². The highest BCUT2D eigenvalue weighted by atomic mass is 32.2. The van der Waals surface area contributed by atoms with Crippen LogP contribution in [0.1, 0.15) is 39.2 Å². The number of hydrogen-bond acceptors (Lipinski definition) is 6. The van der Waals surface area contributed by atoms with Crippen molar-refractivity contribution in [3.05, 3.63) is 64.4 Å². The molecule has 172 valence electrons. The lowest BCUT2D eigenvalue weighted by molar-refractivity contribution is -0.119. The van der Waals surface area contributed by atoms with Crippen molar-refractivity contribution in [2.75, 3.05) is 16.4 Å². The number of thioether (sulfide) groups is 1. The van der Waals surface area contributed by atoms with Gasteiger partial charge in [0.1, 0.15) is 0 Å². The Morgan fingerprint density at radius 1 is 0.939 bits per heavy atom. The van der Waals surface area contributed by atoms with Crippen LogP contribution in [0.3, 0.4) is 0 Å². The fraction of sp³-hybridized carbons (Fsp3) is 0.292. The third kappa shape index (κ3) is 6.29. The standard InChI is InChI=1S/C24H27N5O3S/c1-14(2)16-9-5-7-11-18(16)25-20(30)13-33-24-27-23(32)21(28-29-24)17-10-6-8-12-19(17)26-22(31)15(3)4/h5-12,14-15H,13H2,1-4H3,(H,25,30)(H,26,31)(H,27,29,32). The minimum absolute atomic E-state index is 0.0669. The summed E-state index contributed by atoms with van der Waals surface area (Å²) in [7, 11) is 0. The number of aromatic amines is 1. The summed E-state index contributed by atoms with van der Waals surface area (Å²) >= 11 is 1.09. The van der Waals surface area contributed by atoms with Crippen molar-refractivity contribution in [3.63, 3.8) is 0 Å². The van der Waals surface area contributed by atoms with Gasteiger partial charge in [-0.25, -0.2) is 0 Å². The zero-order valence-electron chi connectivity index (χ0n) is 19.0. The predicted octanol–water partition coefficient (Wildman–Crippen LogP) is 4.28. The van der Waals surface area contributed by atoms with E-state index in [0.717, 1.165) is 23.0 Å². The molecule has 9 heteroatoms. The second kappa shape index (κ2) is 10.9. The maximum atomic E-state index is 12.7. The Labute approximate surface area is 196 Å². The second-order valence-electron chi connectivity index (χ2n) is 8.08. The summed E-state index contributed by atoms with van der Waals surface area (Å²) in [5, 5.41) is 14.1. The fourth-order valence-corrected chi connectivity index (χ4v) is 3.68. The molecule has 2 amide bonds. The normalized spacial score (nSPS) is 11.0. The molecule has 0 fully saturated rings. The molecule has 0 saturated heterocycles. The van der Waals surface area contributed by atoms with Gasteiger partial charge in [-0.3, -0.25) is 19.4 Å². The molecule has 0 saturated carbocycles. The van der Waals surface area contributed by atoms with Gasteiger partial charge in [-0.2, -0.15) is 0 Å². The summed E-state index contributed by atoms with van der Waals surface area (Å²) in [5.74, 6) is -0.236. The van der Waals surface area contributed by atoms with E-state index in [1.54, 1.807) is 38.1 Å². The van der Waals surface area contributed by atoms with Crippen molar-refractivity contribution in [2.24, 2.45) is 5.92 Å². The van der Waals surface area contributed by atoms with Crippen LogP contribution in [0.5, 0.6) is 0 Å². The lowest BCUT2D eigenvalue weighted by Gasteiger charge is -2.13. The first-order valence-corrected chi connectivity index (χ1v) is 11.6. The largest absolute Gasteiger partial charge is 0.325 e. The number of carbonyl (C=O) groups is 2. The third-order valence-electron chi connectivity index (χ3n) is 4.84. The zero-order valence-corrected chi connectivity index (χ0v) is 19.8. The third-order valence-corrected chi connectivity index (χ3v) is 5.70. The molecule has 1 heterocycles. The van der Waals surface area contributed by atoms with Crippen molar-refractivity contribution in [3.8, 4) is 11.3 Å². The average molecular weight is 466 g/mol. The smallest absolute Gasteiger partial charge is 0.278 e. The fourth-order valence-electron chi connectivity index (χ4n) is 3.07. The van der Waals surface area contributed by atoms with Gasteiger partial charge in [0, 0.05) is 17.2 Å². The van der Waals surface area contributed by atoms with Crippen LogP contribution in [0.25, 0.3) is 11.3 Å². The first-order chi connectivity index (χ1) is 15.8. The number of H-pyrrole nitrogens is 1. The van der Waals surface area contributed by atoms with E-state index in [2.05, 4.69) is 39.7 Å². The van der Waals surface area contributed by atoms with Crippen molar-refractivity contribution in [2.45, 2.75) is 38.8 Å². The van der Waals surface area contributed by atoms with Crippen LogP contribution in [0.2, 0.25) is 0 Å². The van der Waals surface area contributed by atoms with Crippen molar-refractivity contribution < 1.29 is 9.59 Å². The number of anilines is 2. The van der Waals surface area contributed by atoms with E-state index in [-0.39, 0.29) is 40.3 Å². The Kier molecular flexibility index (Phi) is 8.00. The number of benzene rings is 2. The van der Waals surface area contributed by atoms with E-state index in [1.807, 2.05) is 24.3 Å². The van der Waals surface area contributed by atoms with Crippen LogP contribution in [0, 0.1) is 5.92 Å². The summed E-state index contributed by atoms with van der Waals surface area (Å²) in [4.78, 5) is 39.9. The maximum absolute atomic E-state index is 12.7. The monoisotopic (exact) mass is 465 g/mol. The molecule has 0 atom stereocenters. The number of amides is 2. The number of nitrogens with zero attached hydrogens (tertiary/aromatic N) is 2. The SMILES string of the molecule is CC(C)C(=O)Nc1ccccc1-c1nnc(SCC(=O)Nc2ccccc2C(C)C)[nH]c1=O. The number of rotatable bonds is 8. The van der Waals surface area contributed by atoms with Crippen LogP contribution >= 0.6 is 11.8 Å². The van der Waals surface area contributed by atoms with Crippen LogP contribution in [-0.4, -0.2) is 32.7 Å². The highest BCUT2D eigenvalue weighted by Gasteiger charge is 2.16. The van der Waals surface area contributed by atoms with E-state index in [4.69, 9.17) is 0 Å². The molecule has 8 nitrogen and oxygen atoms in total. The minimum atomic E-state index is -0.454. The molecule has 0 aliphatic carbocycles. The highest BCUT2D eigenvalue weighted by Crippen LogP contribution is 2.25. The van der Waals surface area contributed by atoms with Crippen LogP contribution in [0.4, 0.5) is 11.4 Å². The van der Waals surface area contributed by atoms with Gasteiger partial charge < -0.3 is 10.6 Å². The van der Waals surface area contributed by atoms with E-state index in [1.165, 1.54) is 0 Å². The van der Waals surface area contributed by atoms with Gasteiger partial charge in [-0.05, 0) is 23.6 Å². The Bertz CT molecular complexity index is 1210. The van der Waals surface area contributed by atoms with Crippen molar-refractivity contribution in [1.82, 2.24) is 15.2 Å². The molecule has 0 spiro atoms. The Morgan fingerprint density at radius 3 is 2.27 bits per heavy atom. The van der Waals surface area contributed by atoms with Gasteiger partial charge in [0.05, 0.1) is 11.4 Å². The Morgan fingerprint density at radius 2 is 1.61 bits per heavy atom. The second-order valence-corrected chi connectivity index (χ2v) is 9.04. The highest BCUT2D eigenvalue weighted by molar-refractivity contribution is 7.99. The van der Waals surface area contributed by atoms with Crippen LogP contribution < -0.4 is 16.2 Å². The molecule has 1 aromatic heterocycles. The topological polar surface area (TPSA) is 117 Å². The summed E-state index contributed by atoms with van der Waals surface area (Å²) in [6, 6.07) is 14.6. The maximum Gasteiger partial charge on any atom is 0.278 e. The molecule has 0 unspecified atom stereocenters. The lowest BCUT2D eigenvalue weighted by Crippen LogP contribution is -2.20. The Hall–Kier alpha value is -3.46. The summed E-state index contributed by atoms with van der Waals surface area (Å²) < 4.78 is 0. The average Bonchev–Trinajstić information content (AvgIpc) is 2.78. The molecule has 3 N–H and O–H groups in total. The predicted molar refractivity (Wildman–Crippen MR) is 131 cm³/mol. The zero-order chi connectivity index (χ0) is 24.0. The molecule has 33 heavy (non-hydrogen) atoms. The van der Waals surface area contributed by atoms with Crippen LogP contribution in [0.15, 0.2) is 58.5 Å². The number of aromatic nitrogens is 3. The number of carbonyl (C=O) groups excluding carboxylic acids is 2. The molecule has 0 aliphatic rings. The summed E-state index contributed by atoms with van der Waals surface area (Å²) in [6.45, 7) is 7.70. The lowest BCUT2D eigenvalue weighted by atomic mass is 10.0. The van der Waals surface area contributed by atoms with Crippen molar-refractivity contribution >= 4 is 35.0 Å². The first kappa shape index (κ1) is 24.2. The minimum Gasteiger partial charge on any atom is -0.325 e. The van der Waals surface area contributed by atoms with Gasteiger partial charge in [-0.1, -0.05) is 75.9 Å². The molecule has 3 aromatic rings. The Balaban J connectivity index is 1.71. The van der Waals surface area contributed by atoms with Gasteiger partial charge in [0.25, 0.3) is 5.56 Å². The number of nitrogens with one attached hydrogen (secondary N) is 3. The number of para-hydroxylation sites is 2. The first-order valence-electron chi connectivity index (χ1n) is 10.6. The molecule has 0 bridgehead atoms. The summed E-state index contributed by atoms with van der Waals surface area (Å²) in [5.41, 5.74) is 2.42. The number of hydrogen-bond donors (Lipinski definition) is 3. The van der Waals surface area contributed by atoms with Gasteiger partial charge >= 0.3 is 0 Å². The molecular weight excluding hydrogens is 438 g/mol. The van der Waals surface area contributed by atoms with Crippen molar-refractivity contribution in [1.29, 1.82) is 0 Å². The van der Waals surface area contributed by atoms with E-state index in [9.17, 15) is 14.4 Å². The molecule has 0 radical (unpaired) electrons. The van der Waals surface area contributed by atoms with Gasteiger partial charge in [-0.15, -0.1) is 10.2 Å². The molecule has 2 aromatic carbocycles. The molecule has 3 rings (SSSR count). The van der Waals surface area contributed by atoms with Gasteiger partial charge in [0.15, 0.2) is 10.9 Å². The molecule has 0 aliphatic heterocycles. The van der Waals surface area contributed by atoms with E-state index >= 15 is 0 Å².